The van der Waals surface area contributed by atoms with Crippen molar-refractivity contribution in [1.29, 1.82) is 0 Å². The number of piperidine rings is 1. The smallest absolute Gasteiger partial charge is 0.243 e. The molecule has 3 aromatic rings. The van der Waals surface area contributed by atoms with E-state index in [0.717, 1.165) is 29.5 Å². The van der Waals surface area contributed by atoms with E-state index in [9.17, 15) is 8.42 Å². The van der Waals surface area contributed by atoms with Crippen LogP contribution in [0.15, 0.2) is 45.8 Å². The molecule has 0 radical (unpaired) electrons. The minimum absolute atomic E-state index is 0.148. The Morgan fingerprint density at radius 3 is 2.71 bits per heavy atom. The Bertz CT molecular complexity index is 1240. The van der Waals surface area contributed by atoms with Gasteiger partial charge in [0.25, 0.3) is 0 Å². The van der Waals surface area contributed by atoms with Crippen LogP contribution in [0.5, 0.6) is 11.5 Å². The van der Waals surface area contributed by atoms with Crippen molar-refractivity contribution >= 4 is 10.0 Å². The Morgan fingerprint density at radius 2 is 1.87 bits per heavy atom. The van der Waals surface area contributed by atoms with E-state index in [1.165, 1.54) is 4.31 Å². The first-order valence-electron chi connectivity index (χ1n) is 10.2. The maximum Gasteiger partial charge on any atom is 0.243 e. The first kappa shape index (κ1) is 20.0. The summed E-state index contributed by atoms with van der Waals surface area (Å²) in [5.74, 6) is 2.08. The Morgan fingerprint density at radius 1 is 1.03 bits per heavy atom. The molecule has 5 rings (SSSR count). The van der Waals surface area contributed by atoms with Gasteiger partial charge in [-0.25, -0.2) is 8.42 Å². The molecule has 0 spiro atoms. The minimum atomic E-state index is -3.58. The molecule has 1 aromatic heterocycles. The Balaban J connectivity index is 1.37. The second kappa shape index (κ2) is 7.65. The maximum atomic E-state index is 13.2. The van der Waals surface area contributed by atoms with Crippen molar-refractivity contribution in [2.45, 2.75) is 37.5 Å². The summed E-state index contributed by atoms with van der Waals surface area (Å²) >= 11 is 0. The van der Waals surface area contributed by atoms with Crippen molar-refractivity contribution in [2.75, 3.05) is 19.9 Å². The zero-order valence-electron chi connectivity index (χ0n) is 17.4. The first-order valence-corrected chi connectivity index (χ1v) is 11.7. The van der Waals surface area contributed by atoms with Crippen molar-refractivity contribution in [3.63, 3.8) is 0 Å². The molecule has 9 heteroatoms. The van der Waals surface area contributed by atoms with E-state index in [1.807, 2.05) is 38.1 Å². The first-order chi connectivity index (χ1) is 14.9. The fourth-order valence-corrected chi connectivity index (χ4v) is 5.55. The van der Waals surface area contributed by atoms with Crippen LogP contribution in [-0.2, 0) is 10.0 Å². The lowest BCUT2D eigenvalue weighted by Crippen LogP contribution is -2.39. The summed E-state index contributed by atoms with van der Waals surface area (Å²) in [5.41, 5.74) is 2.78. The van der Waals surface area contributed by atoms with E-state index in [4.69, 9.17) is 14.0 Å². The third-order valence-corrected chi connectivity index (χ3v) is 7.78. The highest BCUT2D eigenvalue weighted by atomic mass is 32.2. The van der Waals surface area contributed by atoms with Gasteiger partial charge in [-0.05, 0) is 68.1 Å². The zero-order valence-corrected chi connectivity index (χ0v) is 18.2. The molecule has 162 valence electrons. The Kier molecular flexibility index (Phi) is 4.94. The number of nitrogens with zero attached hydrogens (tertiary/aromatic N) is 3. The molecule has 0 bridgehead atoms. The molecule has 1 fully saturated rings. The predicted molar refractivity (Wildman–Crippen MR) is 113 cm³/mol. The van der Waals surface area contributed by atoms with Crippen molar-refractivity contribution in [3.8, 4) is 22.9 Å². The van der Waals surface area contributed by atoms with Gasteiger partial charge in [-0.15, -0.1) is 0 Å². The van der Waals surface area contributed by atoms with E-state index < -0.39 is 10.0 Å². The molecule has 2 aliphatic heterocycles. The molecule has 0 aliphatic carbocycles. The summed E-state index contributed by atoms with van der Waals surface area (Å²) in [5, 5.41) is 4.10. The number of fused-ring (bicyclic) bond motifs is 1. The molecular formula is C22H23N3O5S. The fraction of sp³-hybridized carbons (Fsp3) is 0.364. The molecule has 2 aliphatic rings. The van der Waals surface area contributed by atoms with Crippen LogP contribution in [-0.4, -0.2) is 42.7 Å². The number of hydrogen-bond acceptors (Lipinski definition) is 7. The molecule has 8 nitrogen and oxygen atoms in total. The van der Waals surface area contributed by atoms with Gasteiger partial charge in [-0.2, -0.15) is 9.29 Å². The number of rotatable bonds is 4. The van der Waals surface area contributed by atoms with Crippen LogP contribution in [0.1, 0.15) is 35.8 Å². The van der Waals surface area contributed by atoms with Gasteiger partial charge in [0.1, 0.15) is 0 Å². The Labute approximate surface area is 180 Å². The normalized spacial score (nSPS) is 19.0. The average Bonchev–Trinajstić information content (AvgIpc) is 3.45. The van der Waals surface area contributed by atoms with Crippen LogP contribution in [0.2, 0.25) is 0 Å². The van der Waals surface area contributed by atoms with Crippen molar-refractivity contribution in [2.24, 2.45) is 0 Å². The molecule has 2 aromatic carbocycles. The van der Waals surface area contributed by atoms with E-state index in [1.54, 1.807) is 12.1 Å². The molecule has 0 saturated carbocycles. The average molecular weight is 442 g/mol. The molecule has 1 saturated heterocycles. The van der Waals surface area contributed by atoms with Crippen molar-refractivity contribution < 1.29 is 22.4 Å². The number of benzene rings is 2. The summed E-state index contributed by atoms with van der Waals surface area (Å²) in [7, 11) is -3.58. The van der Waals surface area contributed by atoms with Crippen LogP contribution >= 0.6 is 0 Å². The third-order valence-electron chi connectivity index (χ3n) is 5.92. The number of ether oxygens (including phenoxy) is 2. The van der Waals surface area contributed by atoms with E-state index in [-0.39, 0.29) is 12.7 Å². The van der Waals surface area contributed by atoms with E-state index in [0.29, 0.717) is 41.2 Å². The predicted octanol–water partition coefficient (Wildman–Crippen LogP) is 3.65. The third kappa shape index (κ3) is 3.68. The molecule has 1 unspecified atom stereocenters. The number of hydrogen-bond donors (Lipinski definition) is 0. The molecular weight excluding hydrogens is 418 g/mol. The fourth-order valence-electron chi connectivity index (χ4n) is 3.94. The van der Waals surface area contributed by atoms with Gasteiger partial charge < -0.3 is 14.0 Å². The van der Waals surface area contributed by atoms with Crippen molar-refractivity contribution in [3.05, 3.63) is 53.4 Å². The highest BCUT2D eigenvalue weighted by Gasteiger charge is 2.33. The van der Waals surface area contributed by atoms with E-state index >= 15 is 0 Å². The molecule has 1 atom stereocenters. The SMILES string of the molecule is Cc1ccc(S(=O)(=O)N2CCCC(c3nc(-c4ccc5c(c4)OCO5)no3)C2)cc1C. The molecule has 31 heavy (non-hydrogen) atoms. The highest BCUT2D eigenvalue weighted by Crippen LogP contribution is 2.36. The topological polar surface area (TPSA) is 94.8 Å². The maximum absolute atomic E-state index is 13.2. The van der Waals surface area contributed by atoms with Crippen molar-refractivity contribution in [1.82, 2.24) is 14.4 Å². The number of aryl methyl sites for hydroxylation is 2. The Hall–Kier alpha value is -2.91. The molecule has 3 heterocycles. The lowest BCUT2D eigenvalue weighted by Gasteiger charge is -2.30. The monoisotopic (exact) mass is 441 g/mol. The van der Waals surface area contributed by atoms with Gasteiger partial charge in [0, 0.05) is 18.7 Å². The van der Waals surface area contributed by atoms with Gasteiger partial charge in [0.15, 0.2) is 11.5 Å². The van der Waals surface area contributed by atoms with Gasteiger partial charge in [0.05, 0.1) is 10.8 Å². The van der Waals surface area contributed by atoms with Gasteiger partial charge >= 0.3 is 0 Å². The summed E-state index contributed by atoms with van der Waals surface area (Å²) < 4.78 is 44.2. The molecule has 0 amide bonds. The summed E-state index contributed by atoms with van der Waals surface area (Å²) in [6, 6.07) is 10.7. The quantitative estimate of drug-likeness (QED) is 0.610. The summed E-state index contributed by atoms with van der Waals surface area (Å²) in [6.45, 7) is 4.88. The summed E-state index contributed by atoms with van der Waals surface area (Å²) in [6.07, 6.45) is 1.53. The van der Waals surface area contributed by atoms with Crippen LogP contribution < -0.4 is 9.47 Å². The lowest BCUT2D eigenvalue weighted by molar-refractivity contribution is 0.174. The standard InChI is InChI=1S/C22H23N3O5S/c1-14-5-7-18(10-15(14)2)31(26,27)25-9-3-4-17(12-25)22-23-21(24-30-22)16-6-8-19-20(11-16)29-13-28-19/h5-8,10-11,17H,3-4,9,12-13H2,1-2H3. The number of aromatic nitrogens is 2. The largest absolute Gasteiger partial charge is 0.454 e. The van der Waals surface area contributed by atoms with Crippen LogP contribution in [0.4, 0.5) is 0 Å². The second-order valence-corrected chi connectivity index (χ2v) is 9.91. The van der Waals surface area contributed by atoms with Crippen LogP contribution in [0.25, 0.3) is 11.4 Å². The minimum Gasteiger partial charge on any atom is -0.454 e. The van der Waals surface area contributed by atoms with Crippen LogP contribution in [0.3, 0.4) is 0 Å². The second-order valence-electron chi connectivity index (χ2n) is 7.97. The molecule has 0 N–H and O–H groups in total. The van der Waals surface area contributed by atoms with Crippen LogP contribution in [0, 0.1) is 13.8 Å². The van der Waals surface area contributed by atoms with Gasteiger partial charge in [0.2, 0.25) is 28.5 Å². The number of sulfonamides is 1. The van der Waals surface area contributed by atoms with E-state index in [2.05, 4.69) is 10.1 Å². The zero-order chi connectivity index (χ0) is 21.6. The summed E-state index contributed by atoms with van der Waals surface area (Å²) in [4.78, 5) is 4.87. The van der Waals surface area contributed by atoms with Gasteiger partial charge in [-0.1, -0.05) is 11.2 Å². The van der Waals surface area contributed by atoms with Gasteiger partial charge in [-0.3, -0.25) is 0 Å². The lowest BCUT2D eigenvalue weighted by atomic mass is 10.00. The highest BCUT2D eigenvalue weighted by molar-refractivity contribution is 7.89.